The number of ether oxygens (including phenoxy) is 1. The third kappa shape index (κ3) is 4.35. The summed E-state index contributed by atoms with van der Waals surface area (Å²) in [4.78, 5) is 28.6. The molecule has 0 bridgehead atoms. The number of nitrogens with two attached hydrogens (primary N) is 1. The van der Waals surface area contributed by atoms with Crippen LogP contribution in [0.1, 0.15) is 17.5 Å². The van der Waals surface area contributed by atoms with Crippen LogP contribution >= 0.6 is 11.3 Å². The Kier molecular flexibility index (Phi) is 6.09. The van der Waals surface area contributed by atoms with Gasteiger partial charge < -0.3 is 15.4 Å². The molecule has 0 unspecified atom stereocenters. The van der Waals surface area contributed by atoms with Crippen molar-refractivity contribution in [1.82, 2.24) is 4.90 Å². The molecule has 1 aliphatic rings. The summed E-state index contributed by atoms with van der Waals surface area (Å²) in [6.45, 7) is 0.868. The van der Waals surface area contributed by atoms with Gasteiger partial charge in [0.2, 0.25) is 11.8 Å². The van der Waals surface area contributed by atoms with Gasteiger partial charge in [0.15, 0.2) is 0 Å². The Morgan fingerprint density at radius 1 is 1.06 bits per heavy atom. The Bertz CT molecular complexity index is 1080. The second-order valence-electron chi connectivity index (χ2n) is 8.01. The molecule has 2 heterocycles. The summed E-state index contributed by atoms with van der Waals surface area (Å²) in [5, 5.41) is 2.05. The van der Waals surface area contributed by atoms with Crippen LogP contribution < -0.4 is 10.5 Å². The van der Waals surface area contributed by atoms with Crippen molar-refractivity contribution in [2.24, 2.45) is 11.1 Å². The first kappa shape index (κ1) is 21.1. The number of para-hydroxylation sites is 1. The molecule has 2 aromatic carbocycles. The lowest BCUT2D eigenvalue weighted by atomic mass is 9.79. The summed E-state index contributed by atoms with van der Waals surface area (Å²) in [5.74, 6) is 0.335. The molecule has 4 rings (SSSR count). The van der Waals surface area contributed by atoms with E-state index >= 15 is 0 Å². The van der Waals surface area contributed by atoms with E-state index < -0.39 is 5.41 Å². The summed E-state index contributed by atoms with van der Waals surface area (Å²) in [6, 6.07) is 19.7. The zero-order chi connectivity index (χ0) is 21.8. The van der Waals surface area contributed by atoms with Crippen LogP contribution in [0.25, 0.3) is 10.4 Å². The summed E-state index contributed by atoms with van der Waals surface area (Å²) in [5.41, 5.74) is 8.21. The first-order chi connectivity index (χ1) is 15.0. The monoisotopic (exact) mass is 434 g/mol. The van der Waals surface area contributed by atoms with Crippen LogP contribution in [0.3, 0.4) is 0 Å². The molecule has 0 radical (unpaired) electrons. The highest BCUT2D eigenvalue weighted by molar-refractivity contribution is 7.13. The van der Waals surface area contributed by atoms with Crippen LogP contribution in [0.2, 0.25) is 0 Å². The van der Waals surface area contributed by atoms with Gasteiger partial charge in [0, 0.05) is 23.5 Å². The number of nitrogens with zero attached hydrogens (tertiary/aromatic N) is 1. The van der Waals surface area contributed by atoms with Crippen LogP contribution in [0.4, 0.5) is 0 Å². The van der Waals surface area contributed by atoms with Crippen molar-refractivity contribution in [3.8, 4) is 16.2 Å². The van der Waals surface area contributed by atoms with Gasteiger partial charge in [-0.25, -0.2) is 0 Å². The topological polar surface area (TPSA) is 72.6 Å². The second kappa shape index (κ2) is 8.94. The number of benzene rings is 2. The lowest BCUT2D eigenvalue weighted by Crippen LogP contribution is -2.42. The average Bonchev–Trinajstić information content (AvgIpc) is 3.46. The predicted octanol–water partition coefficient (Wildman–Crippen LogP) is 3.91. The van der Waals surface area contributed by atoms with Gasteiger partial charge in [-0.15, -0.1) is 11.3 Å². The smallest absolute Gasteiger partial charge is 0.227 e. The molecule has 6 heteroatoms. The number of carbonyl (C=O) groups is 2. The van der Waals surface area contributed by atoms with Crippen LogP contribution in [-0.2, 0) is 22.4 Å². The fraction of sp³-hybridized carbons (Fsp3) is 0.280. The SMILES string of the molecule is COc1ccccc1CC(=O)N1CC[C@](Cc2ccccc2-c2cccs2)(C(N)=O)C1. The number of hydrogen-bond donors (Lipinski definition) is 1. The van der Waals surface area contributed by atoms with Gasteiger partial charge in [0.1, 0.15) is 5.75 Å². The molecule has 0 saturated carbocycles. The van der Waals surface area contributed by atoms with Gasteiger partial charge in [-0.1, -0.05) is 48.5 Å². The van der Waals surface area contributed by atoms with Crippen LogP contribution in [0.15, 0.2) is 66.0 Å². The first-order valence-corrected chi connectivity index (χ1v) is 11.2. The van der Waals surface area contributed by atoms with Crippen LogP contribution in [-0.4, -0.2) is 36.9 Å². The van der Waals surface area contributed by atoms with Gasteiger partial charge in [-0.2, -0.15) is 0 Å². The summed E-state index contributed by atoms with van der Waals surface area (Å²) >= 11 is 1.67. The summed E-state index contributed by atoms with van der Waals surface area (Å²) < 4.78 is 5.37. The van der Waals surface area contributed by atoms with E-state index in [1.807, 2.05) is 47.8 Å². The highest BCUT2D eigenvalue weighted by Crippen LogP contribution is 2.38. The third-order valence-electron chi connectivity index (χ3n) is 6.10. The molecule has 1 saturated heterocycles. The normalized spacial score (nSPS) is 18.2. The molecule has 160 valence electrons. The van der Waals surface area contributed by atoms with Crippen molar-refractivity contribution in [2.75, 3.05) is 20.2 Å². The van der Waals surface area contributed by atoms with E-state index in [-0.39, 0.29) is 18.2 Å². The van der Waals surface area contributed by atoms with Crippen molar-refractivity contribution in [3.05, 3.63) is 77.2 Å². The lowest BCUT2D eigenvalue weighted by molar-refractivity contribution is -0.131. The Hall–Kier alpha value is -3.12. The van der Waals surface area contributed by atoms with Gasteiger partial charge in [0.05, 0.1) is 18.9 Å². The number of carbonyl (C=O) groups excluding carboxylic acids is 2. The number of likely N-dealkylation sites (tertiary alicyclic amines) is 1. The number of primary amides is 1. The summed E-state index contributed by atoms with van der Waals surface area (Å²) in [6.07, 6.45) is 1.33. The maximum atomic E-state index is 13.0. The highest BCUT2D eigenvalue weighted by Gasteiger charge is 2.45. The molecule has 1 atom stereocenters. The number of hydrogen-bond acceptors (Lipinski definition) is 4. The Labute approximate surface area is 186 Å². The number of methoxy groups -OCH3 is 1. The van der Waals surface area contributed by atoms with E-state index in [9.17, 15) is 9.59 Å². The van der Waals surface area contributed by atoms with E-state index in [1.165, 1.54) is 0 Å². The van der Waals surface area contributed by atoms with E-state index in [0.29, 0.717) is 31.7 Å². The Morgan fingerprint density at radius 3 is 2.52 bits per heavy atom. The lowest BCUT2D eigenvalue weighted by Gasteiger charge is -2.27. The average molecular weight is 435 g/mol. The molecular formula is C25H26N2O3S. The van der Waals surface area contributed by atoms with Crippen molar-refractivity contribution >= 4 is 23.2 Å². The van der Waals surface area contributed by atoms with Gasteiger partial charge in [-0.3, -0.25) is 9.59 Å². The van der Waals surface area contributed by atoms with Crippen molar-refractivity contribution in [1.29, 1.82) is 0 Å². The van der Waals surface area contributed by atoms with Crippen LogP contribution in [0.5, 0.6) is 5.75 Å². The molecule has 2 N–H and O–H groups in total. The molecule has 31 heavy (non-hydrogen) atoms. The largest absolute Gasteiger partial charge is 0.496 e. The van der Waals surface area contributed by atoms with Crippen molar-refractivity contribution in [3.63, 3.8) is 0 Å². The minimum absolute atomic E-state index is 0.0147. The van der Waals surface area contributed by atoms with Gasteiger partial charge >= 0.3 is 0 Å². The molecule has 2 amide bonds. The zero-order valence-corrected chi connectivity index (χ0v) is 18.4. The predicted molar refractivity (Wildman–Crippen MR) is 123 cm³/mol. The molecule has 1 aromatic heterocycles. The van der Waals surface area contributed by atoms with Crippen LogP contribution in [0, 0.1) is 5.41 Å². The highest BCUT2D eigenvalue weighted by atomic mass is 32.1. The second-order valence-corrected chi connectivity index (χ2v) is 8.96. The van der Waals surface area contributed by atoms with E-state index in [1.54, 1.807) is 23.3 Å². The summed E-state index contributed by atoms with van der Waals surface area (Å²) in [7, 11) is 1.60. The molecule has 0 aliphatic carbocycles. The molecular weight excluding hydrogens is 408 g/mol. The maximum absolute atomic E-state index is 13.0. The molecule has 5 nitrogen and oxygen atoms in total. The quantitative estimate of drug-likeness (QED) is 0.613. The van der Waals surface area contributed by atoms with Crippen molar-refractivity contribution in [2.45, 2.75) is 19.3 Å². The maximum Gasteiger partial charge on any atom is 0.227 e. The van der Waals surface area contributed by atoms with Gasteiger partial charge in [0.25, 0.3) is 0 Å². The van der Waals surface area contributed by atoms with E-state index in [4.69, 9.17) is 10.5 Å². The molecule has 1 fully saturated rings. The Morgan fingerprint density at radius 2 is 1.81 bits per heavy atom. The fourth-order valence-corrected chi connectivity index (χ4v) is 5.14. The molecule has 0 spiro atoms. The number of thiophene rings is 1. The number of rotatable bonds is 7. The minimum Gasteiger partial charge on any atom is -0.496 e. The van der Waals surface area contributed by atoms with Crippen molar-refractivity contribution < 1.29 is 14.3 Å². The van der Waals surface area contributed by atoms with Gasteiger partial charge in [-0.05, 0) is 41.5 Å². The Balaban J connectivity index is 1.54. The minimum atomic E-state index is -0.760. The standard InChI is InChI=1S/C25H26N2O3S/c1-30-21-10-5-3-7-18(21)15-23(28)27-13-12-25(17-27,24(26)29)16-19-8-2-4-9-20(19)22-11-6-14-31-22/h2-11,14H,12-13,15-17H2,1H3,(H2,26,29)/t25-/m1/s1. The molecule has 3 aromatic rings. The fourth-order valence-electron chi connectivity index (χ4n) is 4.35. The third-order valence-corrected chi connectivity index (χ3v) is 7.00. The first-order valence-electron chi connectivity index (χ1n) is 10.3. The zero-order valence-electron chi connectivity index (χ0n) is 17.5. The molecule has 1 aliphatic heterocycles. The van der Waals surface area contributed by atoms with E-state index in [2.05, 4.69) is 18.2 Å². The van der Waals surface area contributed by atoms with E-state index in [0.717, 1.165) is 21.6 Å². The number of amides is 2.